The molecular formula is C18H29NO4. The Labute approximate surface area is 138 Å². The number of carbonyl (C=O) groups excluding carboxylic acids is 1. The van der Waals surface area contributed by atoms with Gasteiger partial charge in [-0.1, -0.05) is 12.8 Å². The molecule has 4 bridgehead atoms. The first kappa shape index (κ1) is 16.6. The van der Waals surface area contributed by atoms with Gasteiger partial charge >= 0.3 is 12.1 Å². The fourth-order valence-electron chi connectivity index (χ4n) is 5.39. The molecule has 1 amide bonds. The van der Waals surface area contributed by atoms with Crippen LogP contribution in [0.1, 0.15) is 70.6 Å². The summed E-state index contributed by atoms with van der Waals surface area (Å²) < 4.78 is 5.98. The van der Waals surface area contributed by atoms with Crippen molar-refractivity contribution in [3.05, 3.63) is 0 Å². The van der Waals surface area contributed by atoms with Crippen LogP contribution in [0.15, 0.2) is 0 Å². The molecule has 0 aromatic heterocycles. The Hall–Kier alpha value is -1.26. The molecule has 5 heteroatoms. The molecule has 0 unspecified atom stereocenters. The lowest BCUT2D eigenvalue weighted by Gasteiger charge is -2.55. The molecule has 23 heavy (non-hydrogen) atoms. The molecule has 2 N–H and O–H groups in total. The van der Waals surface area contributed by atoms with E-state index in [0.717, 1.165) is 62.7 Å². The maximum atomic E-state index is 12.2. The number of hydrogen-bond donors (Lipinski definition) is 2. The third-order valence-electron chi connectivity index (χ3n) is 5.90. The van der Waals surface area contributed by atoms with E-state index in [1.807, 2.05) is 0 Å². The standard InChI is InChI=1S/C18H29NO4/c20-16(5-3-1-2-4-6-19-17(21)22)23-18-10-13-7-14(11-18)9-15(8-13)12-18/h13-15,19H,1-12H2,(H,21,22). The summed E-state index contributed by atoms with van der Waals surface area (Å²) in [4.78, 5) is 22.5. The van der Waals surface area contributed by atoms with Crippen molar-refractivity contribution in [2.24, 2.45) is 17.8 Å². The maximum Gasteiger partial charge on any atom is 0.404 e. The fourth-order valence-corrected chi connectivity index (χ4v) is 5.39. The van der Waals surface area contributed by atoms with Crippen LogP contribution in [0.3, 0.4) is 0 Å². The molecule has 0 radical (unpaired) electrons. The number of carboxylic acid groups (broad SMARTS) is 1. The quantitative estimate of drug-likeness (QED) is 0.527. The summed E-state index contributed by atoms with van der Waals surface area (Å²) in [5.41, 5.74) is -0.114. The van der Waals surface area contributed by atoms with Gasteiger partial charge < -0.3 is 15.2 Å². The fraction of sp³-hybridized carbons (Fsp3) is 0.889. The smallest absolute Gasteiger partial charge is 0.404 e. The predicted octanol–water partition coefficient (Wildman–Crippen LogP) is 3.72. The van der Waals surface area contributed by atoms with Crippen molar-refractivity contribution >= 4 is 12.1 Å². The second-order valence-electron chi connectivity index (χ2n) is 7.97. The van der Waals surface area contributed by atoms with Gasteiger partial charge in [0.15, 0.2) is 0 Å². The van der Waals surface area contributed by atoms with Gasteiger partial charge in [0.25, 0.3) is 0 Å². The zero-order valence-corrected chi connectivity index (χ0v) is 13.9. The van der Waals surface area contributed by atoms with Crippen LogP contribution in [0.5, 0.6) is 0 Å². The van der Waals surface area contributed by atoms with E-state index < -0.39 is 6.09 Å². The van der Waals surface area contributed by atoms with Crippen molar-refractivity contribution in [2.45, 2.75) is 76.2 Å². The first-order valence-corrected chi connectivity index (χ1v) is 9.23. The van der Waals surface area contributed by atoms with E-state index in [1.165, 1.54) is 19.3 Å². The van der Waals surface area contributed by atoms with E-state index >= 15 is 0 Å². The van der Waals surface area contributed by atoms with Crippen LogP contribution >= 0.6 is 0 Å². The van der Waals surface area contributed by atoms with Gasteiger partial charge in [0.2, 0.25) is 0 Å². The minimum Gasteiger partial charge on any atom is -0.465 e. The monoisotopic (exact) mass is 323 g/mol. The van der Waals surface area contributed by atoms with Gasteiger partial charge in [-0.25, -0.2) is 4.79 Å². The van der Waals surface area contributed by atoms with E-state index in [4.69, 9.17) is 9.84 Å². The Bertz CT molecular complexity index is 413. The van der Waals surface area contributed by atoms with Crippen molar-refractivity contribution in [1.29, 1.82) is 0 Å². The Balaban J connectivity index is 1.32. The minimum atomic E-state index is -0.968. The van der Waals surface area contributed by atoms with Crippen molar-refractivity contribution in [3.63, 3.8) is 0 Å². The largest absolute Gasteiger partial charge is 0.465 e. The lowest BCUT2D eigenvalue weighted by molar-refractivity contribution is -0.186. The molecule has 0 spiro atoms. The van der Waals surface area contributed by atoms with Crippen molar-refractivity contribution in [3.8, 4) is 0 Å². The summed E-state index contributed by atoms with van der Waals surface area (Å²) in [6.45, 7) is 0.493. The van der Waals surface area contributed by atoms with Gasteiger partial charge in [0.1, 0.15) is 5.60 Å². The number of hydrogen-bond acceptors (Lipinski definition) is 3. The van der Waals surface area contributed by atoms with Gasteiger partial charge in [-0.2, -0.15) is 0 Å². The van der Waals surface area contributed by atoms with Gasteiger partial charge in [-0.3, -0.25) is 4.79 Å². The molecule has 4 saturated carbocycles. The van der Waals surface area contributed by atoms with Crippen LogP contribution in [0.25, 0.3) is 0 Å². The van der Waals surface area contributed by atoms with E-state index in [9.17, 15) is 9.59 Å². The molecule has 4 fully saturated rings. The highest BCUT2D eigenvalue weighted by molar-refractivity contribution is 5.70. The second-order valence-corrected chi connectivity index (χ2v) is 7.97. The number of rotatable bonds is 8. The van der Waals surface area contributed by atoms with E-state index in [-0.39, 0.29) is 11.6 Å². The molecule has 4 aliphatic rings. The molecule has 4 rings (SSSR count). The molecule has 0 aromatic carbocycles. The maximum absolute atomic E-state index is 12.2. The van der Waals surface area contributed by atoms with E-state index in [1.54, 1.807) is 0 Å². The predicted molar refractivity (Wildman–Crippen MR) is 86.1 cm³/mol. The molecule has 5 nitrogen and oxygen atoms in total. The molecule has 4 aliphatic carbocycles. The van der Waals surface area contributed by atoms with Crippen molar-refractivity contribution in [1.82, 2.24) is 5.32 Å². The Morgan fingerprint density at radius 1 is 0.957 bits per heavy atom. The topological polar surface area (TPSA) is 75.6 Å². The molecule has 0 saturated heterocycles. The first-order valence-electron chi connectivity index (χ1n) is 9.23. The number of nitrogens with one attached hydrogen (secondary N) is 1. The Morgan fingerprint density at radius 3 is 2.09 bits per heavy atom. The van der Waals surface area contributed by atoms with Crippen molar-refractivity contribution < 1.29 is 19.4 Å². The van der Waals surface area contributed by atoms with Crippen LogP contribution in [0.2, 0.25) is 0 Å². The molecule has 0 atom stereocenters. The first-order chi connectivity index (χ1) is 11.0. The lowest BCUT2D eigenvalue weighted by atomic mass is 9.54. The molecule has 130 valence electrons. The second kappa shape index (κ2) is 7.10. The third-order valence-corrected chi connectivity index (χ3v) is 5.90. The summed E-state index contributed by atoms with van der Waals surface area (Å²) >= 11 is 0. The Kier molecular flexibility index (Phi) is 5.12. The van der Waals surface area contributed by atoms with Crippen molar-refractivity contribution in [2.75, 3.05) is 6.54 Å². The van der Waals surface area contributed by atoms with Gasteiger partial charge in [0, 0.05) is 13.0 Å². The number of carbonyl (C=O) groups is 2. The highest BCUT2D eigenvalue weighted by Crippen LogP contribution is 2.57. The third kappa shape index (κ3) is 4.39. The number of unbranched alkanes of at least 4 members (excludes halogenated alkanes) is 3. The van der Waals surface area contributed by atoms with Crippen LogP contribution in [0, 0.1) is 17.8 Å². The van der Waals surface area contributed by atoms with Gasteiger partial charge in [-0.05, 0) is 69.1 Å². The molecule has 0 aliphatic heterocycles. The van der Waals surface area contributed by atoms with Crippen LogP contribution in [0.4, 0.5) is 4.79 Å². The highest BCUT2D eigenvalue weighted by Gasteiger charge is 2.53. The summed E-state index contributed by atoms with van der Waals surface area (Å²) in [5, 5.41) is 10.8. The summed E-state index contributed by atoms with van der Waals surface area (Å²) in [5.74, 6) is 2.39. The SMILES string of the molecule is O=C(O)NCCCCCCC(=O)OC12CC3CC(CC(C3)C1)C2. The zero-order valence-electron chi connectivity index (χ0n) is 13.9. The van der Waals surface area contributed by atoms with E-state index in [0.29, 0.717) is 13.0 Å². The van der Waals surface area contributed by atoms with E-state index in [2.05, 4.69) is 5.32 Å². The normalized spacial score (nSPS) is 34.3. The lowest BCUT2D eigenvalue weighted by Crippen LogP contribution is -2.52. The molecule has 0 aromatic rings. The van der Waals surface area contributed by atoms with Gasteiger partial charge in [0.05, 0.1) is 0 Å². The highest BCUT2D eigenvalue weighted by atomic mass is 16.6. The number of esters is 1. The van der Waals surface area contributed by atoms with Crippen LogP contribution in [-0.2, 0) is 9.53 Å². The molecule has 0 heterocycles. The average molecular weight is 323 g/mol. The van der Waals surface area contributed by atoms with Crippen LogP contribution in [-0.4, -0.2) is 29.3 Å². The van der Waals surface area contributed by atoms with Gasteiger partial charge in [-0.15, -0.1) is 0 Å². The summed E-state index contributed by atoms with van der Waals surface area (Å²) in [7, 11) is 0. The number of amides is 1. The minimum absolute atomic E-state index is 0.0180. The Morgan fingerprint density at radius 2 is 1.52 bits per heavy atom. The molecular weight excluding hydrogens is 294 g/mol. The number of ether oxygens (including phenoxy) is 1. The zero-order chi connectivity index (χ0) is 16.3. The average Bonchev–Trinajstić information content (AvgIpc) is 2.43. The van der Waals surface area contributed by atoms with Crippen LogP contribution < -0.4 is 5.32 Å². The summed E-state index contributed by atoms with van der Waals surface area (Å²) in [6.07, 6.45) is 10.5. The summed E-state index contributed by atoms with van der Waals surface area (Å²) in [6, 6.07) is 0.